The van der Waals surface area contributed by atoms with E-state index in [2.05, 4.69) is 24.1 Å². The van der Waals surface area contributed by atoms with Gasteiger partial charge in [0.15, 0.2) is 0 Å². The molecule has 0 spiro atoms. The molecule has 1 rings (SSSR count). The van der Waals surface area contributed by atoms with Crippen LogP contribution < -0.4 is 16.0 Å². The number of carbonyl (C=O) groups is 1. The van der Waals surface area contributed by atoms with Gasteiger partial charge in [-0.05, 0) is 51.5 Å². The predicted octanol–water partition coefficient (Wildman–Crippen LogP) is 2.85. The molecule has 0 aromatic heterocycles. The number of anilines is 2. The van der Waals surface area contributed by atoms with Crippen LogP contribution in [0.3, 0.4) is 0 Å². The van der Waals surface area contributed by atoms with E-state index in [1.54, 1.807) is 0 Å². The molecule has 0 aliphatic carbocycles. The largest absolute Gasteiger partial charge is 0.372 e. The van der Waals surface area contributed by atoms with Gasteiger partial charge in [-0.25, -0.2) is 0 Å². The highest BCUT2D eigenvalue weighted by atomic mass is 16.2. The van der Waals surface area contributed by atoms with Crippen molar-refractivity contribution in [2.24, 2.45) is 11.1 Å². The molecule has 0 bridgehead atoms. The molecular weight excluding hydrogens is 250 g/mol. The van der Waals surface area contributed by atoms with Crippen LogP contribution in [0.5, 0.6) is 0 Å². The zero-order chi connectivity index (χ0) is 15.2. The third-order valence-corrected chi connectivity index (χ3v) is 4.03. The van der Waals surface area contributed by atoms with Crippen LogP contribution >= 0.6 is 0 Å². The fourth-order valence-corrected chi connectivity index (χ4v) is 2.02. The molecule has 1 unspecified atom stereocenters. The smallest absolute Gasteiger partial charge is 0.231 e. The summed E-state index contributed by atoms with van der Waals surface area (Å²) in [6, 6.07) is 7.96. The fraction of sp³-hybridized carbons (Fsp3) is 0.562. The van der Waals surface area contributed by atoms with E-state index in [9.17, 15) is 4.79 Å². The van der Waals surface area contributed by atoms with Gasteiger partial charge in [-0.15, -0.1) is 0 Å². The Bertz CT molecular complexity index is 420. The minimum Gasteiger partial charge on any atom is -0.372 e. The van der Waals surface area contributed by atoms with Crippen LogP contribution in [-0.2, 0) is 4.79 Å². The molecule has 0 saturated heterocycles. The first-order valence-corrected chi connectivity index (χ1v) is 7.37. The topological polar surface area (TPSA) is 58.4 Å². The lowest BCUT2D eigenvalue weighted by molar-refractivity contribution is -0.124. The van der Waals surface area contributed by atoms with Crippen LogP contribution in [0.4, 0.5) is 11.4 Å². The van der Waals surface area contributed by atoms with Crippen LogP contribution in [0, 0.1) is 5.41 Å². The van der Waals surface area contributed by atoms with Crippen LogP contribution in [0.1, 0.15) is 34.1 Å². The summed E-state index contributed by atoms with van der Waals surface area (Å²) in [7, 11) is 0. The second-order valence-electron chi connectivity index (χ2n) is 5.29. The van der Waals surface area contributed by atoms with Gasteiger partial charge in [0.1, 0.15) is 0 Å². The molecule has 20 heavy (non-hydrogen) atoms. The quantitative estimate of drug-likeness (QED) is 0.805. The van der Waals surface area contributed by atoms with Crippen LogP contribution in [0.25, 0.3) is 0 Å². The van der Waals surface area contributed by atoms with Crippen LogP contribution in [-0.4, -0.2) is 25.5 Å². The van der Waals surface area contributed by atoms with Crippen molar-refractivity contribution >= 4 is 17.3 Å². The van der Waals surface area contributed by atoms with Crippen molar-refractivity contribution in [2.45, 2.75) is 34.1 Å². The van der Waals surface area contributed by atoms with Crippen molar-refractivity contribution in [1.29, 1.82) is 0 Å². The Kier molecular flexibility index (Phi) is 6.02. The van der Waals surface area contributed by atoms with E-state index >= 15 is 0 Å². The Morgan fingerprint density at radius 1 is 1.20 bits per heavy atom. The highest BCUT2D eigenvalue weighted by Crippen LogP contribution is 2.23. The Morgan fingerprint density at radius 3 is 2.15 bits per heavy atom. The average molecular weight is 277 g/mol. The second-order valence-corrected chi connectivity index (χ2v) is 5.29. The van der Waals surface area contributed by atoms with Gasteiger partial charge in [-0.3, -0.25) is 4.79 Å². The van der Waals surface area contributed by atoms with E-state index in [4.69, 9.17) is 5.73 Å². The molecule has 1 amide bonds. The number of hydrogen-bond donors (Lipinski definition) is 2. The number of rotatable bonds is 7. The average Bonchev–Trinajstić information content (AvgIpc) is 2.49. The molecule has 0 fully saturated rings. The van der Waals surface area contributed by atoms with E-state index in [0.29, 0.717) is 6.54 Å². The monoisotopic (exact) mass is 277 g/mol. The van der Waals surface area contributed by atoms with Crippen molar-refractivity contribution in [1.82, 2.24) is 0 Å². The first-order chi connectivity index (χ1) is 9.50. The predicted molar refractivity (Wildman–Crippen MR) is 86.1 cm³/mol. The molecule has 4 nitrogen and oxygen atoms in total. The molecule has 0 radical (unpaired) electrons. The zero-order valence-electron chi connectivity index (χ0n) is 13.1. The van der Waals surface area contributed by atoms with Gasteiger partial charge in [0.25, 0.3) is 0 Å². The van der Waals surface area contributed by atoms with Gasteiger partial charge >= 0.3 is 0 Å². The normalized spacial score (nSPS) is 13.7. The van der Waals surface area contributed by atoms with Crippen LogP contribution in [0.2, 0.25) is 0 Å². The van der Waals surface area contributed by atoms with Crippen molar-refractivity contribution < 1.29 is 4.79 Å². The zero-order valence-corrected chi connectivity index (χ0v) is 13.1. The van der Waals surface area contributed by atoms with E-state index in [0.717, 1.165) is 25.2 Å². The highest BCUT2D eigenvalue weighted by molar-refractivity contribution is 5.95. The van der Waals surface area contributed by atoms with Crippen molar-refractivity contribution in [3.63, 3.8) is 0 Å². The molecular formula is C16H27N3O. The minimum absolute atomic E-state index is 0.0157. The number of hydrogen-bond acceptors (Lipinski definition) is 3. The summed E-state index contributed by atoms with van der Waals surface area (Å²) in [6.07, 6.45) is 0.729. The van der Waals surface area contributed by atoms with Gasteiger partial charge in [-0.2, -0.15) is 0 Å². The maximum Gasteiger partial charge on any atom is 0.231 e. The summed E-state index contributed by atoms with van der Waals surface area (Å²) in [6.45, 7) is 10.4. The maximum atomic E-state index is 12.2. The molecule has 0 aliphatic heterocycles. The Labute approximate surface area is 122 Å². The van der Waals surface area contributed by atoms with Gasteiger partial charge in [-0.1, -0.05) is 6.92 Å². The lowest BCUT2D eigenvalue weighted by atomic mass is 9.86. The van der Waals surface area contributed by atoms with E-state index in [1.807, 2.05) is 38.1 Å². The standard InChI is InChI=1S/C16H27N3O/c1-5-16(4,12-17)15(20)18-13-8-10-14(11-9-13)19(6-2)7-3/h8-11H,5-7,12,17H2,1-4H3,(H,18,20). The second kappa shape index (κ2) is 7.29. The third kappa shape index (κ3) is 3.73. The van der Waals surface area contributed by atoms with Crippen molar-refractivity contribution in [3.05, 3.63) is 24.3 Å². The summed E-state index contributed by atoms with van der Waals surface area (Å²) in [5, 5.41) is 2.95. The maximum absolute atomic E-state index is 12.2. The van der Waals surface area contributed by atoms with Crippen LogP contribution in [0.15, 0.2) is 24.3 Å². The highest BCUT2D eigenvalue weighted by Gasteiger charge is 2.29. The molecule has 1 aromatic rings. The Morgan fingerprint density at radius 2 is 1.75 bits per heavy atom. The minimum atomic E-state index is -0.502. The summed E-state index contributed by atoms with van der Waals surface area (Å²) in [4.78, 5) is 14.5. The number of carbonyl (C=O) groups excluding carboxylic acids is 1. The molecule has 4 heteroatoms. The lowest BCUT2D eigenvalue weighted by Crippen LogP contribution is -2.39. The van der Waals surface area contributed by atoms with Gasteiger partial charge < -0.3 is 16.0 Å². The number of amides is 1. The van der Waals surface area contributed by atoms with Gasteiger partial charge in [0, 0.05) is 31.0 Å². The number of nitrogens with one attached hydrogen (secondary N) is 1. The molecule has 0 saturated carbocycles. The fourth-order valence-electron chi connectivity index (χ4n) is 2.02. The summed E-state index contributed by atoms with van der Waals surface area (Å²) < 4.78 is 0. The first kappa shape index (κ1) is 16.5. The third-order valence-electron chi connectivity index (χ3n) is 4.03. The molecule has 0 heterocycles. The summed E-state index contributed by atoms with van der Waals surface area (Å²) >= 11 is 0. The van der Waals surface area contributed by atoms with E-state index in [1.165, 1.54) is 5.69 Å². The number of nitrogens with two attached hydrogens (primary N) is 1. The van der Waals surface area contributed by atoms with Crippen molar-refractivity contribution in [3.8, 4) is 0 Å². The summed E-state index contributed by atoms with van der Waals surface area (Å²) in [5.41, 5.74) is 7.19. The molecule has 1 aromatic carbocycles. The molecule has 112 valence electrons. The van der Waals surface area contributed by atoms with E-state index in [-0.39, 0.29) is 5.91 Å². The Hall–Kier alpha value is -1.55. The van der Waals surface area contributed by atoms with Crippen molar-refractivity contribution in [2.75, 3.05) is 29.9 Å². The Balaban J connectivity index is 2.78. The first-order valence-electron chi connectivity index (χ1n) is 7.37. The SMILES string of the molecule is CCN(CC)c1ccc(NC(=O)C(C)(CC)CN)cc1. The van der Waals surface area contributed by atoms with Gasteiger partial charge in [0.2, 0.25) is 5.91 Å². The van der Waals surface area contributed by atoms with Gasteiger partial charge in [0.05, 0.1) is 5.41 Å². The molecule has 3 N–H and O–H groups in total. The number of nitrogens with zero attached hydrogens (tertiary/aromatic N) is 1. The number of benzene rings is 1. The summed E-state index contributed by atoms with van der Waals surface area (Å²) in [5.74, 6) is -0.0157. The molecule has 1 atom stereocenters. The lowest BCUT2D eigenvalue weighted by Gasteiger charge is -2.25. The molecule has 0 aliphatic rings. The van der Waals surface area contributed by atoms with E-state index < -0.39 is 5.41 Å².